The van der Waals surface area contributed by atoms with Gasteiger partial charge in [-0.15, -0.1) is 0 Å². The number of benzene rings is 1. The van der Waals surface area contributed by atoms with Crippen molar-refractivity contribution in [3.63, 3.8) is 0 Å². The summed E-state index contributed by atoms with van der Waals surface area (Å²) in [5.74, 6) is -1.65. The van der Waals surface area contributed by atoms with Gasteiger partial charge in [-0.3, -0.25) is 14.4 Å². The molecule has 0 atom stereocenters. The first-order valence-corrected chi connectivity index (χ1v) is 7.65. The second-order valence-corrected chi connectivity index (χ2v) is 5.22. The van der Waals surface area contributed by atoms with Crippen molar-refractivity contribution in [1.29, 1.82) is 0 Å². The molecule has 1 N–H and O–H groups in total. The summed E-state index contributed by atoms with van der Waals surface area (Å²) in [5, 5.41) is 2.55. The van der Waals surface area contributed by atoms with Gasteiger partial charge in [0.25, 0.3) is 5.91 Å². The third kappa shape index (κ3) is 4.77. The van der Waals surface area contributed by atoms with Gasteiger partial charge < -0.3 is 19.2 Å². The monoisotopic (exact) mass is 345 g/mol. The topological polar surface area (TPSA) is 94.8 Å². The van der Waals surface area contributed by atoms with E-state index in [4.69, 9.17) is 13.9 Å². The zero-order chi connectivity index (χ0) is 18.2. The van der Waals surface area contributed by atoms with E-state index >= 15 is 0 Å². The molecule has 0 saturated carbocycles. The molecule has 25 heavy (non-hydrogen) atoms. The first-order valence-electron chi connectivity index (χ1n) is 7.65. The first-order chi connectivity index (χ1) is 12.0. The fraction of sp³-hybridized carbons (Fsp3) is 0.278. The van der Waals surface area contributed by atoms with Crippen LogP contribution < -0.4 is 15.5 Å². The average Bonchev–Trinajstić information content (AvgIpc) is 2.61. The van der Waals surface area contributed by atoms with Crippen LogP contribution in [0.3, 0.4) is 0 Å². The molecule has 0 spiro atoms. The van der Waals surface area contributed by atoms with E-state index in [9.17, 15) is 14.4 Å². The highest BCUT2D eigenvalue weighted by Crippen LogP contribution is 2.17. The Hall–Kier alpha value is -2.93. The Morgan fingerprint density at radius 2 is 1.92 bits per heavy atom. The number of ether oxygens (including phenoxy) is 2. The lowest BCUT2D eigenvalue weighted by atomic mass is 10.2. The first kappa shape index (κ1) is 18.4. The number of amides is 1. The van der Waals surface area contributed by atoms with Crippen LogP contribution in [0.2, 0.25) is 0 Å². The van der Waals surface area contributed by atoms with E-state index in [-0.39, 0.29) is 30.2 Å². The van der Waals surface area contributed by atoms with Crippen LogP contribution in [-0.4, -0.2) is 32.0 Å². The second kappa shape index (κ2) is 8.79. The summed E-state index contributed by atoms with van der Waals surface area (Å²) in [6.07, 6.45) is 0.977. The lowest BCUT2D eigenvalue weighted by Crippen LogP contribution is -2.29. The molecule has 1 aromatic carbocycles. The Balaban J connectivity index is 2.31. The molecule has 2 aromatic rings. The molecule has 0 saturated heterocycles. The molecule has 132 valence electrons. The minimum absolute atomic E-state index is 0.0608. The van der Waals surface area contributed by atoms with Crippen LogP contribution >= 0.6 is 0 Å². The van der Waals surface area contributed by atoms with Gasteiger partial charge in [-0.25, -0.2) is 0 Å². The fourth-order valence-corrected chi connectivity index (χ4v) is 2.06. The fourth-order valence-electron chi connectivity index (χ4n) is 2.06. The second-order valence-electron chi connectivity index (χ2n) is 5.22. The quantitative estimate of drug-likeness (QED) is 0.579. The number of carbonyl (C=O) groups is 2. The summed E-state index contributed by atoms with van der Waals surface area (Å²) in [4.78, 5) is 36.2. The zero-order valence-corrected chi connectivity index (χ0v) is 14.0. The molecule has 0 fully saturated rings. The SMILES string of the molecule is COCCNC(=O)c1occ(C(C)=O)c(=O)c1OCc1ccccc1. The number of Topliss-reactive ketones (excluding diaryl/α,β-unsaturated/α-hetero) is 1. The van der Waals surface area contributed by atoms with Crippen molar-refractivity contribution in [2.45, 2.75) is 13.5 Å². The van der Waals surface area contributed by atoms with Gasteiger partial charge >= 0.3 is 0 Å². The molecule has 7 nitrogen and oxygen atoms in total. The number of hydrogen-bond acceptors (Lipinski definition) is 6. The van der Waals surface area contributed by atoms with Crippen molar-refractivity contribution in [3.8, 4) is 5.75 Å². The highest BCUT2D eigenvalue weighted by Gasteiger charge is 2.23. The highest BCUT2D eigenvalue weighted by atomic mass is 16.5. The zero-order valence-electron chi connectivity index (χ0n) is 14.0. The Morgan fingerprint density at radius 1 is 1.20 bits per heavy atom. The predicted octanol–water partition coefficient (Wildman–Crippen LogP) is 1.80. The molecule has 0 aliphatic rings. The Labute approximate surface area is 144 Å². The van der Waals surface area contributed by atoms with E-state index < -0.39 is 17.1 Å². The average molecular weight is 345 g/mol. The molecule has 1 amide bonds. The molecule has 7 heteroatoms. The summed E-state index contributed by atoms with van der Waals surface area (Å²) in [7, 11) is 1.50. The number of nitrogens with one attached hydrogen (secondary N) is 1. The van der Waals surface area contributed by atoms with Crippen LogP contribution in [0.1, 0.15) is 33.4 Å². The van der Waals surface area contributed by atoms with Gasteiger partial charge in [0.05, 0.1) is 6.61 Å². The van der Waals surface area contributed by atoms with Crippen molar-refractivity contribution in [3.05, 3.63) is 63.7 Å². The van der Waals surface area contributed by atoms with Crippen molar-refractivity contribution >= 4 is 11.7 Å². The van der Waals surface area contributed by atoms with Crippen molar-refractivity contribution in [2.75, 3.05) is 20.3 Å². The highest BCUT2D eigenvalue weighted by molar-refractivity contribution is 5.97. The lowest BCUT2D eigenvalue weighted by molar-refractivity contribution is 0.0894. The van der Waals surface area contributed by atoms with Crippen LogP contribution in [0, 0.1) is 0 Å². The molecule has 0 radical (unpaired) electrons. The molecule has 2 rings (SSSR count). The molecular formula is C18H19NO6. The van der Waals surface area contributed by atoms with Gasteiger partial charge in [-0.2, -0.15) is 0 Å². The normalized spacial score (nSPS) is 10.3. The molecule has 0 aliphatic carbocycles. The largest absolute Gasteiger partial charge is 0.481 e. The van der Waals surface area contributed by atoms with Gasteiger partial charge in [-0.1, -0.05) is 30.3 Å². The maximum absolute atomic E-state index is 12.5. The molecule has 0 bridgehead atoms. The smallest absolute Gasteiger partial charge is 0.291 e. The summed E-state index contributed by atoms with van der Waals surface area (Å²) in [6.45, 7) is 1.85. The summed E-state index contributed by atoms with van der Waals surface area (Å²) >= 11 is 0. The van der Waals surface area contributed by atoms with E-state index in [1.54, 1.807) is 0 Å². The molecule has 1 aromatic heterocycles. The Kier molecular flexibility index (Phi) is 6.47. The van der Waals surface area contributed by atoms with E-state index in [1.165, 1.54) is 14.0 Å². The van der Waals surface area contributed by atoms with Gasteiger partial charge in [-0.05, 0) is 12.5 Å². The number of ketones is 1. The maximum Gasteiger partial charge on any atom is 0.291 e. The number of hydrogen-bond donors (Lipinski definition) is 1. The van der Waals surface area contributed by atoms with Crippen LogP contribution in [0.15, 0.2) is 45.8 Å². The number of rotatable bonds is 8. The Morgan fingerprint density at radius 3 is 2.56 bits per heavy atom. The molecule has 1 heterocycles. The summed E-state index contributed by atoms with van der Waals surface area (Å²) in [6, 6.07) is 9.13. The van der Waals surface area contributed by atoms with Gasteiger partial charge in [0, 0.05) is 13.7 Å². The summed E-state index contributed by atoms with van der Waals surface area (Å²) < 4.78 is 15.6. The predicted molar refractivity (Wildman–Crippen MR) is 90.0 cm³/mol. The molecular weight excluding hydrogens is 326 g/mol. The minimum Gasteiger partial charge on any atom is -0.481 e. The van der Waals surface area contributed by atoms with Crippen molar-refractivity contribution in [1.82, 2.24) is 5.32 Å². The maximum atomic E-state index is 12.5. The van der Waals surface area contributed by atoms with Crippen LogP contribution in [0.5, 0.6) is 5.75 Å². The van der Waals surface area contributed by atoms with Gasteiger partial charge in [0.1, 0.15) is 18.4 Å². The van der Waals surface area contributed by atoms with E-state index in [2.05, 4.69) is 5.32 Å². The molecule has 0 aliphatic heterocycles. The summed E-state index contributed by atoms with van der Waals surface area (Å²) in [5.41, 5.74) is -0.0380. The Bertz CT molecular complexity index is 797. The van der Waals surface area contributed by atoms with Crippen molar-refractivity contribution < 1.29 is 23.5 Å². The third-order valence-corrected chi connectivity index (χ3v) is 3.35. The number of carbonyl (C=O) groups excluding carboxylic acids is 2. The van der Waals surface area contributed by atoms with E-state index in [0.717, 1.165) is 11.8 Å². The van der Waals surface area contributed by atoms with E-state index in [1.807, 2.05) is 30.3 Å². The van der Waals surface area contributed by atoms with Crippen LogP contribution in [0.25, 0.3) is 0 Å². The van der Waals surface area contributed by atoms with Gasteiger partial charge in [0.2, 0.25) is 16.9 Å². The van der Waals surface area contributed by atoms with Crippen LogP contribution in [0.4, 0.5) is 0 Å². The third-order valence-electron chi connectivity index (χ3n) is 3.35. The lowest BCUT2D eigenvalue weighted by Gasteiger charge is -2.11. The van der Waals surface area contributed by atoms with Crippen molar-refractivity contribution in [2.24, 2.45) is 0 Å². The van der Waals surface area contributed by atoms with Crippen LogP contribution in [-0.2, 0) is 11.3 Å². The minimum atomic E-state index is -0.674. The standard InChI is InChI=1S/C18H19NO6/c1-12(20)14-11-25-17(18(22)19-8-9-23-2)16(15(14)21)24-10-13-6-4-3-5-7-13/h3-7,11H,8-10H2,1-2H3,(H,19,22). The number of methoxy groups -OCH3 is 1. The molecule has 0 unspecified atom stereocenters. The van der Waals surface area contributed by atoms with Gasteiger partial charge in [0.15, 0.2) is 5.78 Å². The van der Waals surface area contributed by atoms with E-state index in [0.29, 0.717) is 6.61 Å².